The Morgan fingerprint density at radius 3 is 2.67 bits per heavy atom. The quantitative estimate of drug-likeness (QED) is 0.750. The van der Waals surface area contributed by atoms with Gasteiger partial charge in [-0.25, -0.2) is 4.98 Å². The zero-order valence-corrected chi connectivity index (χ0v) is 14.6. The molecule has 0 aromatic carbocycles. The Kier molecular flexibility index (Phi) is 4.59. The topological polar surface area (TPSA) is 71.2 Å². The lowest BCUT2D eigenvalue weighted by Gasteiger charge is -2.14. The molecule has 7 heteroatoms. The molecule has 0 spiro atoms. The normalized spacial score (nSPS) is 11.2. The zero-order chi connectivity index (χ0) is 17.1. The number of aromatic nitrogens is 5. The molecule has 0 fully saturated rings. The van der Waals surface area contributed by atoms with E-state index in [1.165, 1.54) is 0 Å². The van der Waals surface area contributed by atoms with Crippen molar-refractivity contribution in [1.82, 2.24) is 24.3 Å². The molecule has 3 aromatic heterocycles. The molecule has 0 radical (unpaired) electrons. The Morgan fingerprint density at radius 2 is 1.96 bits per heavy atom. The summed E-state index contributed by atoms with van der Waals surface area (Å²) in [4.78, 5) is 19.9. The number of nitrogens with one attached hydrogen (secondary N) is 1. The minimum atomic E-state index is 0.255. The number of pyridine rings is 1. The summed E-state index contributed by atoms with van der Waals surface area (Å²) >= 11 is 0. The van der Waals surface area contributed by atoms with Gasteiger partial charge in [-0.2, -0.15) is 15.0 Å². The van der Waals surface area contributed by atoms with Crippen LogP contribution in [0.3, 0.4) is 0 Å². The van der Waals surface area contributed by atoms with E-state index in [0.717, 1.165) is 30.1 Å². The van der Waals surface area contributed by atoms with E-state index >= 15 is 0 Å². The van der Waals surface area contributed by atoms with Crippen LogP contribution in [0.2, 0.25) is 0 Å². The Hall–Kier alpha value is -2.70. The third-order valence-electron chi connectivity index (χ3n) is 3.64. The largest absolute Gasteiger partial charge is 0.354 e. The van der Waals surface area contributed by atoms with Crippen molar-refractivity contribution in [3.8, 4) is 0 Å². The minimum absolute atomic E-state index is 0.255. The molecule has 7 nitrogen and oxygen atoms in total. The predicted octanol–water partition coefficient (Wildman–Crippen LogP) is 2.36. The van der Waals surface area contributed by atoms with Gasteiger partial charge < -0.3 is 14.6 Å². The fraction of sp³-hybridized carbons (Fsp3) is 0.412. The van der Waals surface area contributed by atoms with Gasteiger partial charge in [0.15, 0.2) is 0 Å². The number of hydrogen-bond acceptors (Lipinski definition) is 6. The van der Waals surface area contributed by atoms with Crippen molar-refractivity contribution in [2.24, 2.45) is 0 Å². The average Bonchev–Trinajstić information content (AvgIpc) is 2.97. The first-order chi connectivity index (χ1) is 11.5. The summed E-state index contributed by atoms with van der Waals surface area (Å²) < 4.78 is 2.03. The minimum Gasteiger partial charge on any atom is -0.354 e. The van der Waals surface area contributed by atoms with Crippen LogP contribution in [0.15, 0.2) is 30.6 Å². The van der Waals surface area contributed by atoms with E-state index in [4.69, 9.17) is 0 Å². The van der Waals surface area contributed by atoms with Gasteiger partial charge in [-0.1, -0.05) is 19.9 Å². The van der Waals surface area contributed by atoms with Gasteiger partial charge in [0.25, 0.3) is 0 Å². The summed E-state index contributed by atoms with van der Waals surface area (Å²) in [5.41, 5.74) is 2.00. The number of rotatable bonds is 6. The van der Waals surface area contributed by atoms with Gasteiger partial charge >= 0.3 is 0 Å². The monoisotopic (exact) mass is 325 g/mol. The highest BCUT2D eigenvalue weighted by Gasteiger charge is 2.11. The van der Waals surface area contributed by atoms with Crippen LogP contribution in [0, 0.1) is 0 Å². The van der Waals surface area contributed by atoms with E-state index in [-0.39, 0.29) is 5.92 Å². The molecule has 3 rings (SSSR count). The molecular weight excluding hydrogens is 302 g/mol. The number of nitrogens with zero attached hydrogens (tertiary/aromatic N) is 6. The maximum atomic E-state index is 4.60. The molecule has 24 heavy (non-hydrogen) atoms. The molecule has 0 unspecified atom stereocenters. The molecule has 0 saturated carbocycles. The molecular formula is C17H23N7. The molecule has 0 aliphatic carbocycles. The maximum absolute atomic E-state index is 4.60. The molecule has 3 heterocycles. The Bertz CT molecular complexity index is 763. The highest BCUT2D eigenvalue weighted by molar-refractivity contribution is 5.40. The van der Waals surface area contributed by atoms with Crippen LogP contribution in [-0.2, 0) is 6.42 Å². The zero-order valence-electron chi connectivity index (χ0n) is 14.6. The van der Waals surface area contributed by atoms with Crippen molar-refractivity contribution < 1.29 is 0 Å². The van der Waals surface area contributed by atoms with Gasteiger partial charge in [0, 0.05) is 45.4 Å². The third kappa shape index (κ3) is 3.61. The first-order valence-corrected chi connectivity index (χ1v) is 8.12. The highest BCUT2D eigenvalue weighted by Crippen LogP contribution is 2.15. The second kappa shape index (κ2) is 6.82. The predicted molar refractivity (Wildman–Crippen MR) is 95.6 cm³/mol. The number of hydrogen-bond donors (Lipinski definition) is 1. The molecule has 0 atom stereocenters. The van der Waals surface area contributed by atoms with Crippen molar-refractivity contribution in [3.05, 3.63) is 42.1 Å². The summed E-state index contributed by atoms with van der Waals surface area (Å²) in [6.07, 6.45) is 4.86. The first kappa shape index (κ1) is 16.2. The molecule has 1 N–H and O–H groups in total. The van der Waals surface area contributed by atoms with E-state index in [1.807, 2.05) is 47.8 Å². The van der Waals surface area contributed by atoms with Gasteiger partial charge in [0.2, 0.25) is 11.9 Å². The van der Waals surface area contributed by atoms with Gasteiger partial charge in [0.1, 0.15) is 11.5 Å². The molecule has 0 aliphatic heterocycles. The summed E-state index contributed by atoms with van der Waals surface area (Å²) in [5.74, 6) is 2.33. The van der Waals surface area contributed by atoms with Gasteiger partial charge in [-0.3, -0.25) is 0 Å². The summed E-state index contributed by atoms with van der Waals surface area (Å²) in [6.45, 7) is 4.88. The molecule has 0 saturated heterocycles. The van der Waals surface area contributed by atoms with Crippen molar-refractivity contribution in [2.45, 2.75) is 26.2 Å². The first-order valence-electron chi connectivity index (χ1n) is 8.12. The fourth-order valence-corrected chi connectivity index (χ4v) is 2.33. The second-order valence-corrected chi connectivity index (χ2v) is 6.24. The smallest absolute Gasteiger partial charge is 0.229 e. The van der Waals surface area contributed by atoms with E-state index in [2.05, 4.69) is 45.3 Å². The van der Waals surface area contributed by atoms with Gasteiger partial charge in [0.05, 0.1) is 5.69 Å². The summed E-state index contributed by atoms with van der Waals surface area (Å²) in [6, 6.07) is 5.99. The van der Waals surface area contributed by atoms with E-state index in [0.29, 0.717) is 11.9 Å². The lowest BCUT2D eigenvalue weighted by molar-refractivity contribution is 0.753. The van der Waals surface area contributed by atoms with Gasteiger partial charge in [-0.05, 0) is 12.1 Å². The van der Waals surface area contributed by atoms with Crippen LogP contribution in [0.25, 0.3) is 5.65 Å². The third-order valence-corrected chi connectivity index (χ3v) is 3.64. The van der Waals surface area contributed by atoms with Crippen LogP contribution in [0.4, 0.5) is 11.9 Å². The van der Waals surface area contributed by atoms with Crippen molar-refractivity contribution in [2.75, 3.05) is 30.9 Å². The van der Waals surface area contributed by atoms with Crippen LogP contribution >= 0.6 is 0 Å². The Labute approximate surface area is 141 Å². The standard InChI is InChI=1S/C17H23N7/c1-12(2)15-20-16(22-17(21-15)23(3)4)18-9-8-13-11-24-10-6-5-7-14(24)19-13/h5-7,10-12H,8-9H2,1-4H3,(H,18,20,21,22). The molecule has 0 amide bonds. The molecule has 0 aliphatic rings. The fourth-order valence-electron chi connectivity index (χ4n) is 2.33. The summed E-state index contributed by atoms with van der Waals surface area (Å²) in [5, 5.41) is 3.29. The molecule has 0 bridgehead atoms. The highest BCUT2D eigenvalue weighted by atomic mass is 15.3. The molecule has 3 aromatic rings. The van der Waals surface area contributed by atoms with Crippen LogP contribution in [-0.4, -0.2) is 45.0 Å². The van der Waals surface area contributed by atoms with Crippen LogP contribution in [0.1, 0.15) is 31.3 Å². The van der Waals surface area contributed by atoms with Crippen LogP contribution in [0.5, 0.6) is 0 Å². The number of imidazole rings is 1. The second-order valence-electron chi connectivity index (χ2n) is 6.24. The van der Waals surface area contributed by atoms with Crippen molar-refractivity contribution >= 4 is 17.5 Å². The van der Waals surface area contributed by atoms with E-state index in [9.17, 15) is 0 Å². The lowest BCUT2D eigenvalue weighted by atomic mass is 10.2. The van der Waals surface area contributed by atoms with Gasteiger partial charge in [-0.15, -0.1) is 0 Å². The average molecular weight is 325 g/mol. The summed E-state index contributed by atoms with van der Waals surface area (Å²) in [7, 11) is 3.86. The molecule has 126 valence electrons. The number of fused-ring (bicyclic) bond motifs is 1. The van der Waals surface area contributed by atoms with E-state index in [1.54, 1.807) is 0 Å². The van der Waals surface area contributed by atoms with Crippen molar-refractivity contribution in [3.63, 3.8) is 0 Å². The Morgan fingerprint density at radius 1 is 1.12 bits per heavy atom. The van der Waals surface area contributed by atoms with Crippen molar-refractivity contribution in [1.29, 1.82) is 0 Å². The maximum Gasteiger partial charge on any atom is 0.229 e. The lowest BCUT2D eigenvalue weighted by Crippen LogP contribution is -2.18. The van der Waals surface area contributed by atoms with E-state index < -0.39 is 0 Å². The number of anilines is 2. The SMILES string of the molecule is CC(C)c1nc(NCCc2cn3ccccc3n2)nc(N(C)C)n1. The Balaban J connectivity index is 1.69. The van der Waals surface area contributed by atoms with Crippen LogP contribution < -0.4 is 10.2 Å².